The highest BCUT2D eigenvalue weighted by Gasteiger charge is 2.41. The van der Waals surface area contributed by atoms with Crippen molar-refractivity contribution in [2.24, 2.45) is 17.8 Å². The fourth-order valence-electron chi connectivity index (χ4n) is 2.28. The number of hydrogen-bond donors (Lipinski definition) is 0. The van der Waals surface area contributed by atoms with Crippen molar-refractivity contribution < 1.29 is 14.6 Å². The molecule has 3 nitrogen and oxygen atoms in total. The molecule has 0 aromatic heterocycles. The second-order valence-electron chi connectivity index (χ2n) is 5.48. The van der Waals surface area contributed by atoms with Crippen LogP contribution in [0.2, 0.25) is 0 Å². The molecule has 0 heterocycles. The third-order valence-electron chi connectivity index (χ3n) is 2.96. The zero-order valence-electron chi connectivity index (χ0n) is 9.53. The summed E-state index contributed by atoms with van der Waals surface area (Å²) in [7, 11) is 0. The molecule has 1 fully saturated rings. The van der Waals surface area contributed by atoms with Crippen LogP contribution in [0.25, 0.3) is 0 Å². The van der Waals surface area contributed by atoms with E-state index in [9.17, 15) is 4.79 Å². The number of fused-ring (bicyclic) bond motifs is 2. The Kier molecular flexibility index (Phi) is 2.59. The number of carbonyl (C=O) groups excluding carboxylic acids is 1. The van der Waals surface area contributed by atoms with E-state index in [1.807, 2.05) is 20.8 Å². The summed E-state index contributed by atoms with van der Waals surface area (Å²) in [5.74, 6) is 0.775. The van der Waals surface area contributed by atoms with Gasteiger partial charge in [0.15, 0.2) is 0 Å². The maximum atomic E-state index is 11.7. The number of carbonyl (C=O) groups is 1. The Morgan fingerprint density at radius 2 is 2.00 bits per heavy atom. The molecular formula is C12H18O3. The Morgan fingerprint density at radius 3 is 2.47 bits per heavy atom. The number of allylic oxidation sites excluding steroid dienone is 2. The molecule has 0 aromatic rings. The van der Waals surface area contributed by atoms with Crippen LogP contribution in [0.3, 0.4) is 0 Å². The molecule has 3 heteroatoms. The molecule has 0 amide bonds. The van der Waals surface area contributed by atoms with Gasteiger partial charge in [-0.05, 0) is 45.4 Å². The predicted octanol–water partition coefficient (Wildman–Crippen LogP) is 2.47. The van der Waals surface area contributed by atoms with Crippen LogP contribution in [0.1, 0.15) is 33.6 Å². The van der Waals surface area contributed by atoms with Gasteiger partial charge in [0.25, 0.3) is 0 Å². The molecular weight excluding hydrogens is 192 g/mol. The predicted molar refractivity (Wildman–Crippen MR) is 55.8 cm³/mol. The van der Waals surface area contributed by atoms with Gasteiger partial charge in [-0.1, -0.05) is 12.2 Å². The summed E-state index contributed by atoms with van der Waals surface area (Å²) >= 11 is 0. The second kappa shape index (κ2) is 3.63. The van der Waals surface area contributed by atoms with E-state index in [0.717, 1.165) is 12.8 Å². The molecule has 15 heavy (non-hydrogen) atoms. The zero-order chi connectivity index (χ0) is 11.1. The third kappa shape index (κ3) is 2.40. The highest BCUT2D eigenvalue weighted by molar-refractivity contribution is 5.73. The van der Waals surface area contributed by atoms with Crippen molar-refractivity contribution in [3.8, 4) is 0 Å². The van der Waals surface area contributed by atoms with Crippen molar-refractivity contribution in [3.63, 3.8) is 0 Å². The molecule has 0 N–H and O–H groups in total. The zero-order valence-corrected chi connectivity index (χ0v) is 9.53. The molecule has 0 aromatic carbocycles. The molecule has 0 saturated heterocycles. The van der Waals surface area contributed by atoms with Crippen LogP contribution < -0.4 is 0 Å². The lowest BCUT2D eigenvalue weighted by Crippen LogP contribution is -2.27. The second-order valence-corrected chi connectivity index (χ2v) is 5.48. The van der Waals surface area contributed by atoms with Crippen LogP contribution in [0, 0.1) is 17.8 Å². The molecule has 1 saturated carbocycles. The Labute approximate surface area is 90.4 Å². The van der Waals surface area contributed by atoms with E-state index in [4.69, 9.17) is 9.78 Å². The summed E-state index contributed by atoms with van der Waals surface area (Å²) in [6, 6.07) is 0. The van der Waals surface area contributed by atoms with Gasteiger partial charge >= 0.3 is 5.97 Å². The van der Waals surface area contributed by atoms with Gasteiger partial charge in [-0.2, -0.15) is 4.89 Å². The summed E-state index contributed by atoms with van der Waals surface area (Å²) in [5, 5.41) is 0. The molecule has 84 valence electrons. The van der Waals surface area contributed by atoms with Gasteiger partial charge < -0.3 is 0 Å². The summed E-state index contributed by atoms with van der Waals surface area (Å²) in [6.07, 6.45) is 6.37. The SMILES string of the molecule is CC(C)(C)OOC(=O)C1CC2C=CC1C2. The Hall–Kier alpha value is -0.830. The van der Waals surface area contributed by atoms with Crippen molar-refractivity contribution in [1.82, 2.24) is 0 Å². The smallest absolute Gasteiger partial charge is 0.297 e. The van der Waals surface area contributed by atoms with Crippen LogP contribution in [0.5, 0.6) is 0 Å². The fourth-order valence-corrected chi connectivity index (χ4v) is 2.28. The lowest BCUT2D eigenvalue weighted by atomic mass is 9.94. The number of hydrogen-bond acceptors (Lipinski definition) is 3. The first kappa shape index (κ1) is 10.7. The molecule has 2 aliphatic rings. The van der Waals surface area contributed by atoms with E-state index in [1.165, 1.54) is 0 Å². The quantitative estimate of drug-likeness (QED) is 0.399. The third-order valence-corrected chi connectivity index (χ3v) is 2.96. The monoisotopic (exact) mass is 210 g/mol. The Bertz CT molecular complexity index is 288. The summed E-state index contributed by atoms with van der Waals surface area (Å²) < 4.78 is 0. The van der Waals surface area contributed by atoms with Crippen molar-refractivity contribution in [1.29, 1.82) is 0 Å². The molecule has 2 bridgehead atoms. The summed E-state index contributed by atoms with van der Waals surface area (Å²) in [5.41, 5.74) is -0.427. The minimum absolute atomic E-state index is 0.0161. The highest BCUT2D eigenvalue weighted by atomic mass is 17.2. The first-order valence-corrected chi connectivity index (χ1v) is 5.53. The van der Waals surface area contributed by atoms with Crippen molar-refractivity contribution in [2.75, 3.05) is 0 Å². The summed E-state index contributed by atoms with van der Waals surface area (Å²) in [6.45, 7) is 5.59. The van der Waals surface area contributed by atoms with Crippen LogP contribution in [-0.4, -0.2) is 11.6 Å². The van der Waals surface area contributed by atoms with E-state index < -0.39 is 5.60 Å². The van der Waals surface area contributed by atoms with E-state index in [0.29, 0.717) is 11.8 Å². The van der Waals surface area contributed by atoms with E-state index in [2.05, 4.69) is 12.2 Å². The van der Waals surface area contributed by atoms with Crippen LogP contribution in [-0.2, 0) is 14.6 Å². The maximum Gasteiger partial charge on any atom is 0.346 e. The lowest BCUT2D eigenvalue weighted by Gasteiger charge is -2.20. The van der Waals surface area contributed by atoms with E-state index >= 15 is 0 Å². The van der Waals surface area contributed by atoms with Crippen LogP contribution in [0.4, 0.5) is 0 Å². The highest BCUT2D eigenvalue weighted by Crippen LogP contribution is 2.43. The van der Waals surface area contributed by atoms with Gasteiger partial charge in [0, 0.05) is 0 Å². The topological polar surface area (TPSA) is 35.5 Å². The average molecular weight is 210 g/mol. The van der Waals surface area contributed by atoms with Gasteiger partial charge in [-0.25, -0.2) is 4.79 Å². The first-order valence-electron chi connectivity index (χ1n) is 5.53. The van der Waals surface area contributed by atoms with Gasteiger partial charge in [0.1, 0.15) is 5.60 Å². The van der Waals surface area contributed by atoms with E-state index in [1.54, 1.807) is 0 Å². The summed E-state index contributed by atoms with van der Waals surface area (Å²) in [4.78, 5) is 21.6. The number of rotatable bonds is 2. The Morgan fingerprint density at radius 1 is 1.27 bits per heavy atom. The largest absolute Gasteiger partial charge is 0.346 e. The van der Waals surface area contributed by atoms with E-state index in [-0.39, 0.29) is 11.9 Å². The minimum Gasteiger partial charge on any atom is -0.297 e. The van der Waals surface area contributed by atoms with Crippen molar-refractivity contribution in [2.45, 2.75) is 39.2 Å². The van der Waals surface area contributed by atoms with Gasteiger partial charge in [-0.15, -0.1) is 0 Å². The minimum atomic E-state index is -0.427. The maximum absolute atomic E-state index is 11.7. The lowest BCUT2D eigenvalue weighted by molar-refractivity contribution is -0.323. The average Bonchev–Trinajstić information content (AvgIpc) is 2.73. The molecule has 0 spiro atoms. The van der Waals surface area contributed by atoms with Crippen LogP contribution in [0.15, 0.2) is 12.2 Å². The normalized spacial score (nSPS) is 33.4. The van der Waals surface area contributed by atoms with Gasteiger partial charge in [0.05, 0.1) is 5.92 Å². The molecule has 2 rings (SSSR count). The van der Waals surface area contributed by atoms with Crippen LogP contribution >= 0.6 is 0 Å². The van der Waals surface area contributed by atoms with Gasteiger partial charge in [-0.3, -0.25) is 4.89 Å². The fraction of sp³-hybridized carbons (Fsp3) is 0.750. The van der Waals surface area contributed by atoms with Crippen molar-refractivity contribution >= 4 is 5.97 Å². The molecule has 3 unspecified atom stereocenters. The van der Waals surface area contributed by atoms with Crippen molar-refractivity contribution in [3.05, 3.63) is 12.2 Å². The Balaban J connectivity index is 1.85. The molecule has 0 radical (unpaired) electrons. The molecule has 0 aliphatic heterocycles. The molecule has 2 aliphatic carbocycles. The first-order chi connectivity index (χ1) is 6.96. The molecule has 3 atom stereocenters. The van der Waals surface area contributed by atoms with Gasteiger partial charge in [0.2, 0.25) is 0 Å². The standard InChI is InChI=1S/C12H18O3/c1-12(2,3)15-14-11(13)10-7-8-4-5-9(10)6-8/h4-5,8-10H,6-7H2,1-3H3.